The third-order valence-electron chi connectivity index (χ3n) is 7.14. The number of hydrogen-bond donors (Lipinski definition) is 2. The molecule has 4 aromatic carbocycles. The Labute approximate surface area is 201 Å². The highest BCUT2D eigenvalue weighted by atomic mass is 16.3. The number of aryl methyl sites for hydroxylation is 1. The van der Waals surface area contributed by atoms with Crippen LogP contribution in [0.2, 0.25) is 0 Å². The summed E-state index contributed by atoms with van der Waals surface area (Å²) in [4.78, 5) is 2.28. The fourth-order valence-electron chi connectivity index (χ4n) is 5.09. The largest absolute Gasteiger partial charge is 0.392 e. The van der Waals surface area contributed by atoms with Crippen molar-refractivity contribution in [1.82, 2.24) is 0 Å². The lowest BCUT2D eigenvalue weighted by molar-refractivity contribution is 0.281. The molecule has 3 heteroatoms. The molecule has 0 aliphatic heterocycles. The van der Waals surface area contributed by atoms with Crippen LogP contribution in [0, 0.1) is 0 Å². The van der Waals surface area contributed by atoms with Crippen molar-refractivity contribution < 1.29 is 10.2 Å². The zero-order valence-electron chi connectivity index (χ0n) is 20.0. The third kappa shape index (κ3) is 3.71. The molecule has 0 atom stereocenters. The summed E-state index contributed by atoms with van der Waals surface area (Å²) < 4.78 is 0. The average molecular weight is 450 g/mol. The van der Waals surface area contributed by atoms with E-state index in [-0.39, 0.29) is 18.6 Å². The number of anilines is 3. The normalized spacial score (nSPS) is 13.4. The number of hydrogen-bond acceptors (Lipinski definition) is 3. The van der Waals surface area contributed by atoms with Gasteiger partial charge in [0.15, 0.2) is 0 Å². The Kier molecular flexibility index (Phi) is 5.76. The molecule has 0 aromatic heterocycles. The van der Waals surface area contributed by atoms with Crippen LogP contribution in [-0.2, 0) is 25.0 Å². The summed E-state index contributed by atoms with van der Waals surface area (Å²) in [5.41, 5.74) is 11.3. The number of fused-ring (bicyclic) bond motifs is 3. The molecule has 1 aliphatic carbocycles. The molecule has 0 spiro atoms. The second-order valence-electron chi connectivity index (χ2n) is 9.57. The Balaban J connectivity index is 1.65. The van der Waals surface area contributed by atoms with Crippen molar-refractivity contribution in [2.24, 2.45) is 0 Å². The number of rotatable bonds is 6. The van der Waals surface area contributed by atoms with Crippen LogP contribution in [0.3, 0.4) is 0 Å². The van der Waals surface area contributed by atoms with E-state index in [1.807, 2.05) is 18.2 Å². The van der Waals surface area contributed by atoms with Gasteiger partial charge in [-0.2, -0.15) is 0 Å². The van der Waals surface area contributed by atoms with E-state index in [0.717, 1.165) is 34.6 Å². The highest BCUT2D eigenvalue weighted by molar-refractivity contribution is 5.85. The molecule has 172 valence electrons. The van der Waals surface area contributed by atoms with E-state index in [9.17, 15) is 10.2 Å². The van der Waals surface area contributed by atoms with Crippen LogP contribution < -0.4 is 4.90 Å². The van der Waals surface area contributed by atoms with Crippen LogP contribution in [0.5, 0.6) is 0 Å². The summed E-state index contributed by atoms with van der Waals surface area (Å²) >= 11 is 0. The van der Waals surface area contributed by atoms with Gasteiger partial charge in [-0.1, -0.05) is 69.3 Å². The van der Waals surface area contributed by atoms with Crippen LogP contribution in [0.4, 0.5) is 17.1 Å². The minimum Gasteiger partial charge on any atom is -0.392 e. The molecule has 0 fully saturated rings. The predicted octanol–water partition coefficient (Wildman–Crippen LogP) is 7.01. The Morgan fingerprint density at radius 2 is 1.06 bits per heavy atom. The summed E-state index contributed by atoms with van der Waals surface area (Å²) in [7, 11) is 0. The van der Waals surface area contributed by atoms with Gasteiger partial charge >= 0.3 is 0 Å². The molecule has 3 nitrogen and oxygen atoms in total. The van der Waals surface area contributed by atoms with Crippen molar-refractivity contribution in [1.29, 1.82) is 0 Å². The highest BCUT2D eigenvalue weighted by Gasteiger charge is 2.36. The molecule has 0 saturated carbocycles. The first kappa shape index (κ1) is 22.4. The van der Waals surface area contributed by atoms with E-state index in [0.29, 0.717) is 0 Å². The van der Waals surface area contributed by atoms with Gasteiger partial charge < -0.3 is 15.1 Å². The lowest BCUT2D eigenvalue weighted by atomic mass is 9.82. The first-order valence-electron chi connectivity index (χ1n) is 11.9. The van der Waals surface area contributed by atoms with E-state index in [2.05, 4.69) is 92.4 Å². The van der Waals surface area contributed by atoms with Crippen molar-refractivity contribution in [3.63, 3.8) is 0 Å². The molecule has 0 bridgehead atoms. The van der Waals surface area contributed by atoms with Gasteiger partial charge in [0.2, 0.25) is 0 Å². The predicted molar refractivity (Wildman–Crippen MR) is 140 cm³/mol. The molecule has 1 aliphatic rings. The highest BCUT2D eigenvalue weighted by Crippen LogP contribution is 2.50. The molecule has 0 saturated heterocycles. The number of aliphatic hydroxyl groups is 2. The Morgan fingerprint density at radius 1 is 0.588 bits per heavy atom. The SMILES string of the molecule is CCc1ccc(N(c2ccc(CO)cc2)c2ccc3c(c2)C(C)(C)c2cc(CO)ccc2-3)cc1. The summed E-state index contributed by atoms with van der Waals surface area (Å²) in [5.74, 6) is 0. The average Bonchev–Trinajstić information content (AvgIpc) is 3.11. The molecule has 0 heterocycles. The van der Waals surface area contributed by atoms with Gasteiger partial charge in [-0.05, 0) is 81.8 Å². The maximum atomic E-state index is 9.68. The van der Waals surface area contributed by atoms with Gasteiger partial charge in [0.05, 0.1) is 13.2 Å². The van der Waals surface area contributed by atoms with Gasteiger partial charge in [-0.3, -0.25) is 0 Å². The lowest BCUT2D eigenvalue weighted by Crippen LogP contribution is -2.17. The quantitative estimate of drug-likeness (QED) is 0.333. The number of benzene rings is 4. The third-order valence-corrected chi connectivity index (χ3v) is 7.14. The molecule has 0 amide bonds. The Bertz CT molecular complexity index is 1270. The van der Waals surface area contributed by atoms with Crippen molar-refractivity contribution in [3.05, 3.63) is 113 Å². The van der Waals surface area contributed by atoms with E-state index >= 15 is 0 Å². The van der Waals surface area contributed by atoms with Gasteiger partial charge in [-0.25, -0.2) is 0 Å². The molecular formula is C31H31NO2. The van der Waals surface area contributed by atoms with E-state index in [1.165, 1.54) is 27.8 Å². The van der Waals surface area contributed by atoms with Crippen molar-refractivity contribution in [2.75, 3.05) is 4.90 Å². The zero-order chi connectivity index (χ0) is 23.9. The smallest absolute Gasteiger partial charge is 0.0681 e. The summed E-state index contributed by atoms with van der Waals surface area (Å²) in [6, 6.07) is 29.9. The fraction of sp³-hybridized carbons (Fsp3) is 0.226. The van der Waals surface area contributed by atoms with Crippen molar-refractivity contribution in [3.8, 4) is 11.1 Å². The molecule has 2 N–H and O–H groups in total. The van der Waals surface area contributed by atoms with E-state index in [1.54, 1.807) is 0 Å². The molecule has 4 aromatic rings. The number of aliphatic hydroxyl groups excluding tert-OH is 2. The van der Waals surface area contributed by atoms with Gasteiger partial charge in [0.25, 0.3) is 0 Å². The molecule has 0 radical (unpaired) electrons. The second-order valence-corrected chi connectivity index (χ2v) is 9.57. The second kappa shape index (κ2) is 8.75. The maximum Gasteiger partial charge on any atom is 0.0681 e. The minimum atomic E-state index is -0.162. The Hall–Kier alpha value is -3.40. The van der Waals surface area contributed by atoms with Crippen molar-refractivity contribution in [2.45, 2.75) is 45.8 Å². The lowest BCUT2D eigenvalue weighted by Gasteiger charge is -2.28. The first-order valence-corrected chi connectivity index (χ1v) is 11.9. The number of nitrogens with zero attached hydrogens (tertiary/aromatic N) is 1. The maximum absolute atomic E-state index is 9.68. The zero-order valence-corrected chi connectivity index (χ0v) is 20.0. The Morgan fingerprint density at radius 3 is 1.62 bits per heavy atom. The van der Waals surface area contributed by atoms with Crippen LogP contribution in [-0.4, -0.2) is 10.2 Å². The monoisotopic (exact) mass is 449 g/mol. The van der Waals surface area contributed by atoms with Crippen LogP contribution in [0.15, 0.2) is 84.9 Å². The molecule has 0 unspecified atom stereocenters. The summed E-state index contributed by atoms with van der Waals surface area (Å²) in [5, 5.41) is 19.2. The van der Waals surface area contributed by atoms with Gasteiger partial charge in [0, 0.05) is 22.5 Å². The van der Waals surface area contributed by atoms with E-state index < -0.39 is 0 Å². The summed E-state index contributed by atoms with van der Waals surface area (Å²) in [6.45, 7) is 6.78. The molecule has 34 heavy (non-hydrogen) atoms. The summed E-state index contributed by atoms with van der Waals surface area (Å²) in [6.07, 6.45) is 1.01. The molecule has 5 rings (SSSR count). The van der Waals surface area contributed by atoms with Crippen LogP contribution in [0.1, 0.15) is 48.6 Å². The first-order chi connectivity index (χ1) is 16.5. The van der Waals surface area contributed by atoms with Crippen molar-refractivity contribution >= 4 is 17.1 Å². The minimum absolute atomic E-state index is 0.0343. The molecular weight excluding hydrogens is 418 g/mol. The standard InChI is InChI=1S/C31H31NO2/c1-4-21-5-10-24(11-6-21)32(25-12-7-22(19-33)8-13-25)26-14-16-28-27-15-9-23(20-34)17-29(27)31(2,3)30(28)18-26/h5-18,33-34H,4,19-20H2,1-3H3. The van der Waals surface area contributed by atoms with Gasteiger partial charge in [0.1, 0.15) is 0 Å². The van der Waals surface area contributed by atoms with E-state index in [4.69, 9.17) is 0 Å². The van der Waals surface area contributed by atoms with Crippen LogP contribution >= 0.6 is 0 Å². The van der Waals surface area contributed by atoms with Gasteiger partial charge in [-0.15, -0.1) is 0 Å². The topological polar surface area (TPSA) is 43.7 Å². The fourth-order valence-corrected chi connectivity index (χ4v) is 5.09. The van der Waals surface area contributed by atoms with Crippen LogP contribution in [0.25, 0.3) is 11.1 Å².